The first-order chi connectivity index (χ1) is 21.8. The van der Waals surface area contributed by atoms with E-state index in [0.717, 1.165) is 13.3 Å². The molecule has 0 unspecified atom stereocenters. The normalized spacial score (nSPS) is 13.4. The van der Waals surface area contributed by atoms with Crippen molar-refractivity contribution in [2.24, 2.45) is 0 Å². The Kier molecular flexibility index (Phi) is 46.7. The van der Waals surface area contributed by atoms with Crippen LogP contribution in [0.5, 0.6) is 0 Å². The van der Waals surface area contributed by atoms with Gasteiger partial charge in [0.05, 0.1) is 13.3 Å². The molecule has 2 rings (SSSR count). The first-order valence-electron chi connectivity index (χ1n) is 14.7. The van der Waals surface area contributed by atoms with E-state index in [0.29, 0.717) is 0 Å². The maximum absolute atomic E-state index is 11.4. The number of halogens is 10. The van der Waals surface area contributed by atoms with Crippen molar-refractivity contribution in [2.45, 2.75) is 102 Å². The summed E-state index contributed by atoms with van der Waals surface area (Å²) in [4.78, 5) is 18.6. The standard InChI is InChI=1S/2C10H20N2.C3H6O.2C2H2F4O3S.2ClH.2K/c2*1-3-4-5-6-7-12-9-8-11(2)10-12;1-3(2)4;2*3-1(4)2(5,6)10(7,8)9;;;;/h2*8-9H,3-7,10H2,1-2H3;1-2H3;2*1H,(H,7,8,9);2*1H;;/q;;;;;;;2*+1/p-4. The van der Waals surface area contributed by atoms with Crippen LogP contribution >= 0.6 is 0 Å². The first-order valence-corrected chi connectivity index (χ1v) is 17.5. The molecule has 0 spiro atoms. The van der Waals surface area contributed by atoms with Gasteiger partial charge in [0, 0.05) is 52.0 Å². The van der Waals surface area contributed by atoms with Crippen LogP contribution in [0.2, 0.25) is 0 Å². The number of Topliss-reactive ketones (excluding diaryl/α,β-unsaturated/α-hetero) is 1. The van der Waals surface area contributed by atoms with Crippen LogP contribution < -0.4 is 128 Å². The molecule has 0 saturated carbocycles. The molecule has 0 N–H and O–H groups in total. The van der Waals surface area contributed by atoms with Gasteiger partial charge in [-0.05, 0) is 26.7 Å². The molecule has 0 aliphatic carbocycles. The van der Waals surface area contributed by atoms with Gasteiger partial charge < -0.3 is 58.3 Å². The fourth-order valence-corrected chi connectivity index (χ4v) is 3.61. The van der Waals surface area contributed by atoms with Crippen molar-refractivity contribution in [3.63, 3.8) is 0 Å². The van der Waals surface area contributed by atoms with E-state index in [4.69, 9.17) is 0 Å². The summed E-state index contributed by atoms with van der Waals surface area (Å²) >= 11 is 0. The quantitative estimate of drug-likeness (QED) is 0.0712. The third-order valence-corrected chi connectivity index (χ3v) is 7.34. The molecule has 0 bridgehead atoms. The van der Waals surface area contributed by atoms with Crippen molar-refractivity contribution >= 4 is 26.0 Å². The SMILES string of the molecule is CC(C)=O.CCCCCCN1C=CN(C)C1.CCCCCCN1C=CN(C)C1.O=S(=O)([O-])C(F)(F)C(F)F.O=S(=O)([O-])C(F)(F)C(F)F.[Cl-].[Cl-].[K+].[K+]. The average Bonchev–Trinajstić information content (AvgIpc) is 3.55. The summed E-state index contributed by atoms with van der Waals surface area (Å²) in [5.41, 5.74) is 0. The molecule has 52 heavy (non-hydrogen) atoms. The van der Waals surface area contributed by atoms with Crippen molar-refractivity contribution in [1.29, 1.82) is 0 Å². The molecule has 0 aromatic heterocycles. The summed E-state index contributed by atoms with van der Waals surface area (Å²) in [6.07, 6.45) is 10.6. The van der Waals surface area contributed by atoms with Gasteiger partial charge in [0.25, 0.3) is 0 Å². The zero-order chi connectivity index (χ0) is 38.4. The number of alkyl halides is 8. The van der Waals surface area contributed by atoms with Crippen molar-refractivity contribution in [2.75, 3.05) is 40.5 Å². The van der Waals surface area contributed by atoms with Crippen molar-refractivity contribution in [3.8, 4) is 0 Å². The third-order valence-electron chi connectivity index (χ3n) is 5.65. The van der Waals surface area contributed by atoms with Crippen molar-refractivity contribution < 1.29 is 193 Å². The predicted octanol–water partition coefficient (Wildman–Crippen LogP) is -6.12. The Balaban J connectivity index is -0.0000000982. The van der Waals surface area contributed by atoms with Crippen LogP contribution in [0, 0.1) is 0 Å². The Hall–Kier alpha value is 1.46. The fourth-order valence-electron chi connectivity index (χ4n) is 3.17. The van der Waals surface area contributed by atoms with Gasteiger partial charge in [-0.2, -0.15) is 17.6 Å². The topological polar surface area (TPSA) is 144 Å². The minimum atomic E-state index is -6.23. The molecule has 0 fully saturated rings. The zero-order valence-corrected chi connectivity index (χ0v) is 40.1. The summed E-state index contributed by atoms with van der Waals surface area (Å²) in [7, 11) is -8.24. The largest absolute Gasteiger partial charge is 1.00 e. The van der Waals surface area contributed by atoms with Crippen LogP contribution in [0.1, 0.15) is 79.1 Å². The number of carbonyl (C=O) groups is 1. The number of hydrogen-bond donors (Lipinski definition) is 0. The average molecular weight is 906 g/mol. The molecular weight excluding hydrogens is 858 g/mol. The first kappa shape index (κ1) is 68.2. The van der Waals surface area contributed by atoms with Gasteiger partial charge in [-0.25, -0.2) is 34.4 Å². The van der Waals surface area contributed by atoms with Crippen LogP contribution in [0.4, 0.5) is 35.1 Å². The Morgan fingerprint density at radius 3 is 1.02 bits per heavy atom. The van der Waals surface area contributed by atoms with E-state index in [1.165, 1.54) is 78.3 Å². The van der Waals surface area contributed by atoms with Gasteiger partial charge in [-0.3, -0.25) is 0 Å². The maximum atomic E-state index is 11.4. The van der Waals surface area contributed by atoms with Gasteiger partial charge >= 0.3 is 126 Å². The van der Waals surface area contributed by atoms with Crippen LogP contribution in [0.25, 0.3) is 0 Å². The molecule has 2 heterocycles. The van der Waals surface area contributed by atoms with Crippen LogP contribution in [-0.4, -0.2) is 115 Å². The summed E-state index contributed by atoms with van der Waals surface area (Å²) in [6.45, 7) is 12.2. The van der Waals surface area contributed by atoms with Crippen LogP contribution in [-0.2, 0) is 25.0 Å². The Labute approximate surface area is 401 Å². The number of ketones is 1. The van der Waals surface area contributed by atoms with Crippen LogP contribution in [0.15, 0.2) is 24.8 Å². The van der Waals surface area contributed by atoms with Gasteiger partial charge in [-0.1, -0.05) is 52.4 Å². The van der Waals surface area contributed by atoms with Gasteiger partial charge in [0.2, 0.25) is 0 Å². The van der Waals surface area contributed by atoms with Crippen LogP contribution in [0.3, 0.4) is 0 Å². The molecule has 0 amide bonds. The molecule has 11 nitrogen and oxygen atoms in total. The zero-order valence-electron chi connectivity index (χ0n) is 30.7. The maximum Gasteiger partial charge on any atom is 1.00 e. The van der Waals surface area contributed by atoms with E-state index in [-0.39, 0.29) is 133 Å². The van der Waals surface area contributed by atoms with Gasteiger partial charge in [-0.15, -0.1) is 0 Å². The number of hydrogen-bond acceptors (Lipinski definition) is 11. The molecule has 304 valence electrons. The second-order valence-corrected chi connectivity index (χ2v) is 13.6. The Morgan fingerprint density at radius 1 is 0.635 bits per heavy atom. The minimum absolute atomic E-state index is 0. The van der Waals surface area contributed by atoms with Gasteiger partial charge in [0.1, 0.15) is 5.78 Å². The smallest absolute Gasteiger partial charge is 1.00 e. The predicted molar refractivity (Wildman–Crippen MR) is 163 cm³/mol. The molecule has 25 heteroatoms. The van der Waals surface area contributed by atoms with E-state index in [1.54, 1.807) is 0 Å². The minimum Gasteiger partial charge on any atom is -1.00 e. The summed E-state index contributed by atoms with van der Waals surface area (Å²) in [5.74, 6) is 0.167. The molecule has 0 radical (unpaired) electrons. The molecule has 2 aliphatic heterocycles. The molecule has 0 saturated heterocycles. The number of unbranched alkanes of at least 4 members (excludes halogenated alkanes) is 6. The molecule has 0 aromatic carbocycles. The van der Waals surface area contributed by atoms with E-state index >= 15 is 0 Å². The molecular formula is C27H48Cl2F8K2N4O7S2-2. The van der Waals surface area contributed by atoms with E-state index < -0.39 is 43.6 Å². The number of rotatable bonds is 14. The van der Waals surface area contributed by atoms with Gasteiger partial charge in [0.15, 0.2) is 20.2 Å². The van der Waals surface area contributed by atoms with E-state index in [9.17, 15) is 65.9 Å². The monoisotopic (exact) mass is 904 g/mol. The molecule has 0 aromatic rings. The second kappa shape index (κ2) is 35.6. The molecule has 0 atom stereocenters. The van der Waals surface area contributed by atoms with Crippen molar-refractivity contribution in [1.82, 2.24) is 19.6 Å². The number of carbonyl (C=O) groups excluding carboxylic acids is 1. The summed E-state index contributed by atoms with van der Waals surface area (Å²) < 4.78 is 145. The molecule has 2 aliphatic rings. The second-order valence-electron chi connectivity index (χ2n) is 10.7. The van der Waals surface area contributed by atoms with Crippen molar-refractivity contribution in [3.05, 3.63) is 24.8 Å². The third kappa shape index (κ3) is 34.7. The summed E-state index contributed by atoms with van der Waals surface area (Å²) in [6, 6.07) is 0. The van der Waals surface area contributed by atoms with E-state index in [2.05, 4.69) is 72.3 Å². The fraction of sp³-hybridized carbons (Fsp3) is 0.815. The summed E-state index contributed by atoms with van der Waals surface area (Å²) in [5, 5.41) is -11.0. The van der Waals surface area contributed by atoms with E-state index in [1.807, 2.05) is 0 Å². The Bertz CT molecular complexity index is 1090. The number of nitrogens with zero attached hydrogens (tertiary/aromatic N) is 4. The Morgan fingerprint density at radius 2 is 0.885 bits per heavy atom.